The average molecular weight is 451 g/mol. The van der Waals surface area contributed by atoms with Crippen molar-refractivity contribution in [1.82, 2.24) is 10.6 Å². The van der Waals surface area contributed by atoms with Crippen LogP contribution in [0.5, 0.6) is 0 Å². The van der Waals surface area contributed by atoms with Crippen LogP contribution in [0.2, 0.25) is 0 Å². The molecule has 0 bridgehead atoms. The number of nitrogens with zero attached hydrogens (tertiary/aromatic N) is 1. The van der Waals surface area contributed by atoms with Gasteiger partial charge in [0.25, 0.3) is 0 Å². The van der Waals surface area contributed by atoms with Crippen LogP contribution >= 0.6 is 24.0 Å². The maximum absolute atomic E-state index is 5.68. The molecule has 2 aromatic rings. The predicted molar refractivity (Wildman–Crippen MR) is 114 cm³/mol. The Morgan fingerprint density at radius 2 is 1.76 bits per heavy atom. The summed E-state index contributed by atoms with van der Waals surface area (Å²) in [6, 6.07) is 21.3. The Balaban J connectivity index is 0.00000225. The van der Waals surface area contributed by atoms with Gasteiger partial charge in [-0.15, -0.1) is 24.0 Å². The van der Waals surface area contributed by atoms with Crippen LogP contribution in [-0.4, -0.2) is 32.2 Å². The topological polar surface area (TPSA) is 45.7 Å². The minimum Gasteiger partial charge on any atom is -0.375 e. The molecule has 2 aromatic carbocycles. The lowest BCUT2D eigenvalue weighted by molar-refractivity contribution is 0.125. The zero-order valence-corrected chi connectivity index (χ0v) is 16.9. The van der Waals surface area contributed by atoms with Crippen molar-refractivity contribution < 1.29 is 4.74 Å². The monoisotopic (exact) mass is 451 g/mol. The summed E-state index contributed by atoms with van der Waals surface area (Å²) in [5, 5.41) is 6.79. The van der Waals surface area contributed by atoms with Gasteiger partial charge in [-0.1, -0.05) is 60.7 Å². The molecule has 3 rings (SSSR count). The molecule has 0 spiro atoms. The molecule has 1 saturated carbocycles. The van der Waals surface area contributed by atoms with E-state index in [4.69, 9.17) is 4.74 Å². The molecule has 0 saturated heterocycles. The standard InChI is InChI=1S/C20H25N3O.HI/c1-21-20(22-12-13-24-15-16-8-4-2-5-9-16)23-19-14-18(19)17-10-6-3-7-11-17;/h2-11,18-19H,12-15H2,1H3,(H2,21,22,23);1H. The van der Waals surface area contributed by atoms with E-state index in [0.717, 1.165) is 18.9 Å². The van der Waals surface area contributed by atoms with Crippen molar-refractivity contribution in [3.63, 3.8) is 0 Å². The van der Waals surface area contributed by atoms with Crippen LogP contribution in [0.3, 0.4) is 0 Å². The van der Waals surface area contributed by atoms with Crippen LogP contribution in [0, 0.1) is 0 Å². The Labute approximate surface area is 167 Å². The summed E-state index contributed by atoms with van der Waals surface area (Å²) < 4.78 is 5.68. The maximum Gasteiger partial charge on any atom is 0.191 e. The highest BCUT2D eigenvalue weighted by molar-refractivity contribution is 14.0. The van der Waals surface area contributed by atoms with Crippen molar-refractivity contribution in [2.75, 3.05) is 20.2 Å². The van der Waals surface area contributed by atoms with E-state index in [0.29, 0.717) is 25.2 Å². The van der Waals surface area contributed by atoms with Crippen LogP contribution in [0.4, 0.5) is 0 Å². The molecule has 0 aliphatic heterocycles. The molecule has 0 amide bonds. The quantitative estimate of drug-likeness (QED) is 0.293. The molecular formula is C20H26IN3O. The zero-order chi connectivity index (χ0) is 16.6. The number of hydrogen-bond donors (Lipinski definition) is 2. The summed E-state index contributed by atoms with van der Waals surface area (Å²) in [5.74, 6) is 1.45. The summed E-state index contributed by atoms with van der Waals surface area (Å²) in [4.78, 5) is 4.29. The van der Waals surface area contributed by atoms with Gasteiger partial charge in [0.2, 0.25) is 0 Å². The van der Waals surface area contributed by atoms with E-state index in [9.17, 15) is 0 Å². The first-order chi connectivity index (χ1) is 11.9. The van der Waals surface area contributed by atoms with Crippen molar-refractivity contribution in [3.8, 4) is 0 Å². The minimum atomic E-state index is 0. The fraction of sp³-hybridized carbons (Fsp3) is 0.350. The second kappa shape index (κ2) is 10.4. The lowest BCUT2D eigenvalue weighted by Crippen LogP contribution is -2.40. The van der Waals surface area contributed by atoms with Crippen LogP contribution in [0.1, 0.15) is 23.5 Å². The average Bonchev–Trinajstić information content (AvgIpc) is 3.41. The Morgan fingerprint density at radius 3 is 2.44 bits per heavy atom. The highest BCUT2D eigenvalue weighted by atomic mass is 127. The fourth-order valence-corrected chi connectivity index (χ4v) is 2.80. The van der Waals surface area contributed by atoms with Gasteiger partial charge in [-0.2, -0.15) is 0 Å². The third-order valence-corrected chi connectivity index (χ3v) is 4.21. The summed E-state index contributed by atoms with van der Waals surface area (Å²) in [7, 11) is 1.81. The first kappa shape index (κ1) is 19.7. The van der Waals surface area contributed by atoms with Crippen LogP contribution in [0.15, 0.2) is 65.7 Å². The molecule has 134 valence electrons. The summed E-state index contributed by atoms with van der Waals surface area (Å²) in [5.41, 5.74) is 2.60. The number of nitrogens with one attached hydrogen (secondary N) is 2. The first-order valence-electron chi connectivity index (χ1n) is 8.50. The molecule has 0 heterocycles. The lowest BCUT2D eigenvalue weighted by atomic mass is 10.1. The van der Waals surface area contributed by atoms with E-state index in [-0.39, 0.29) is 24.0 Å². The van der Waals surface area contributed by atoms with Gasteiger partial charge in [0, 0.05) is 25.6 Å². The van der Waals surface area contributed by atoms with Gasteiger partial charge >= 0.3 is 0 Å². The molecule has 1 aliphatic rings. The number of guanidine groups is 1. The summed E-state index contributed by atoms with van der Waals surface area (Å²) >= 11 is 0. The fourth-order valence-electron chi connectivity index (χ4n) is 2.80. The number of aliphatic imine (C=N–C) groups is 1. The van der Waals surface area contributed by atoms with Crippen molar-refractivity contribution in [3.05, 3.63) is 71.8 Å². The van der Waals surface area contributed by atoms with E-state index in [1.165, 1.54) is 11.1 Å². The van der Waals surface area contributed by atoms with Crippen LogP contribution in [-0.2, 0) is 11.3 Å². The number of halogens is 1. The Kier molecular flexibility index (Phi) is 8.21. The van der Waals surface area contributed by atoms with Crippen molar-refractivity contribution in [2.24, 2.45) is 4.99 Å². The number of benzene rings is 2. The molecule has 2 N–H and O–H groups in total. The Bertz CT molecular complexity index is 649. The second-order valence-corrected chi connectivity index (χ2v) is 6.04. The molecule has 5 heteroatoms. The third-order valence-electron chi connectivity index (χ3n) is 4.21. The van der Waals surface area contributed by atoms with Crippen molar-refractivity contribution in [1.29, 1.82) is 0 Å². The van der Waals surface area contributed by atoms with E-state index >= 15 is 0 Å². The highest BCUT2D eigenvalue weighted by Gasteiger charge is 2.38. The third kappa shape index (κ3) is 6.32. The number of rotatable bonds is 7. The van der Waals surface area contributed by atoms with Crippen molar-refractivity contribution in [2.45, 2.75) is 25.0 Å². The van der Waals surface area contributed by atoms with E-state index in [1.807, 2.05) is 18.2 Å². The molecule has 1 aliphatic carbocycles. The SMILES string of the molecule is CN=C(NCCOCc1ccccc1)NC1CC1c1ccccc1.I. The van der Waals surface area contributed by atoms with Crippen molar-refractivity contribution >= 4 is 29.9 Å². The molecule has 2 atom stereocenters. The molecule has 4 nitrogen and oxygen atoms in total. The number of hydrogen-bond acceptors (Lipinski definition) is 2. The lowest BCUT2D eigenvalue weighted by Gasteiger charge is -2.12. The van der Waals surface area contributed by atoms with Gasteiger partial charge in [-0.25, -0.2) is 0 Å². The summed E-state index contributed by atoms with van der Waals surface area (Å²) in [6.07, 6.45) is 1.16. The van der Waals surface area contributed by atoms with E-state index in [1.54, 1.807) is 7.05 Å². The van der Waals surface area contributed by atoms with Gasteiger partial charge in [0.05, 0.1) is 13.2 Å². The minimum absolute atomic E-state index is 0. The van der Waals surface area contributed by atoms with Gasteiger partial charge in [-0.05, 0) is 17.5 Å². The number of ether oxygens (including phenoxy) is 1. The molecule has 1 fully saturated rings. The highest BCUT2D eigenvalue weighted by Crippen LogP contribution is 2.40. The normalized spacial score (nSPS) is 19.0. The molecule has 25 heavy (non-hydrogen) atoms. The van der Waals surface area contributed by atoms with E-state index < -0.39 is 0 Å². The summed E-state index contributed by atoms with van der Waals surface area (Å²) in [6.45, 7) is 2.05. The molecule has 0 radical (unpaired) electrons. The first-order valence-corrected chi connectivity index (χ1v) is 8.50. The molecular weight excluding hydrogens is 425 g/mol. The van der Waals surface area contributed by atoms with Crippen LogP contribution < -0.4 is 10.6 Å². The zero-order valence-electron chi connectivity index (χ0n) is 14.5. The Morgan fingerprint density at radius 1 is 1.08 bits per heavy atom. The Hall–Kier alpha value is -1.60. The largest absolute Gasteiger partial charge is 0.375 e. The van der Waals surface area contributed by atoms with Gasteiger partial charge < -0.3 is 15.4 Å². The predicted octanol–water partition coefficient (Wildman–Crippen LogP) is 3.54. The van der Waals surface area contributed by atoms with Gasteiger partial charge in [-0.3, -0.25) is 4.99 Å². The smallest absolute Gasteiger partial charge is 0.191 e. The van der Waals surface area contributed by atoms with Gasteiger partial charge in [0.1, 0.15) is 0 Å². The molecule has 2 unspecified atom stereocenters. The molecule has 0 aromatic heterocycles. The van der Waals surface area contributed by atoms with Crippen LogP contribution in [0.25, 0.3) is 0 Å². The second-order valence-electron chi connectivity index (χ2n) is 6.04. The van der Waals surface area contributed by atoms with E-state index in [2.05, 4.69) is 58.1 Å². The van der Waals surface area contributed by atoms with Gasteiger partial charge in [0.15, 0.2) is 5.96 Å². The maximum atomic E-state index is 5.68.